The van der Waals surface area contributed by atoms with Crippen molar-refractivity contribution in [1.29, 1.82) is 0 Å². The quantitative estimate of drug-likeness (QED) is 0.888. The Labute approximate surface area is 99.2 Å². The van der Waals surface area contributed by atoms with Crippen molar-refractivity contribution >= 4 is 17.2 Å². The van der Waals surface area contributed by atoms with Crippen molar-refractivity contribution in [2.24, 2.45) is 5.73 Å². The lowest BCUT2D eigenvalue weighted by atomic mass is 10.1. The molecule has 2 aromatic heterocycles. The second kappa shape index (κ2) is 3.47. The van der Waals surface area contributed by atoms with E-state index in [0.717, 1.165) is 18.5 Å². The molecule has 16 heavy (non-hydrogen) atoms. The van der Waals surface area contributed by atoms with Crippen LogP contribution in [0.1, 0.15) is 24.8 Å². The van der Waals surface area contributed by atoms with Crippen molar-refractivity contribution in [2.75, 3.05) is 0 Å². The van der Waals surface area contributed by atoms with Gasteiger partial charge in [-0.3, -0.25) is 4.40 Å². The number of hydrogen-bond acceptors (Lipinski definition) is 2. The zero-order valence-electron chi connectivity index (χ0n) is 8.99. The average molecular weight is 236 g/mol. The predicted octanol–water partition coefficient (Wildman–Crippen LogP) is 2.41. The van der Waals surface area contributed by atoms with Crippen molar-refractivity contribution < 1.29 is 0 Å². The lowest BCUT2D eigenvalue weighted by Gasteiger charge is -2.08. The van der Waals surface area contributed by atoms with Gasteiger partial charge >= 0.3 is 0 Å². The predicted molar refractivity (Wildman–Crippen MR) is 64.7 cm³/mol. The first-order valence-corrected chi connectivity index (χ1v) is 5.95. The van der Waals surface area contributed by atoms with Gasteiger partial charge in [-0.05, 0) is 37.3 Å². The van der Waals surface area contributed by atoms with E-state index >= 15 is 0 Å². The Hall–Kier alpha value is -1.06. The Morgan fingerprint density at radius 1 is 1.44 bits per heavy atom. The van der Waals surface area contributed by atoms with E-state index in [-0.39, 0.29) is 5.54 Å². The molecule has 1 fully saturated rings. The summed E-state index contributed by atoms with van der Waals surface area (Å²) in [5.41, 5.74) is 8.35. The fourth-order valence-corrected chi connectivity index (χ4v) is 2.13. The van der Waals surface area contributed by atoms with Crippen LogP contribution in [0.3, 0.4) is 0 Å². The molecule has 0 amide bonds. The Morgan fingerprint density at radius 2 is 2.25 bits per heavy atom. The maximum Gasteiger partial charge on any atom is 0.137 e. The summed E-state index contributed by atoms with van der Waals surface area (Å²) in [4.78, 5) is 4.19. The number of rotatable bonds is 3. The highest BCUT2D eigenvalue weighted by Crippen LogP contribution is 2.36. The second-order valence-electron chi connectivity index (χ2n) is 4.71. The number of aryl methyl sites for hydroxylation is 1. The van der Waals surface area contributed by atoms with Crippen LogP contribution in [0.4, 0.5) is 0 Å². The van der Waals surface area contributed by atoms with Crippen LogP contribution in [0.2, 0.25) is 5.15 Å². The van der Waals surface area contributed by atoms with Gasteiger partial charge in [0, 0.05) is 11.7 Å². The third-order valence-electron chi connectivity index (χ3n) is 3.33. The molecule has 0 unspecified atom stereocenters. The summed E-state index contributed by atoms with van der Waals surface area (Å²) in [6, 6.07) is 4.10. The van der Waals surface area contributed by atoms with Crippen LogP contribution in [0.25, 0.3) is 5.65 Å². The largest absolute Gasteiger partial charge is 0.325 e. The Kier molecular flexibility index (Phi) is 2.19. The molecule has 3 nitrogen and oxygen atoms in total. The van der Waals surface area contributed by atoms with Crippen LogP contribution in [0.5, 0.6) is 0 Å². The molecule has 0 radical (unpaired) electrons. The van der Waals surface area contributed by atoms with Crippen LogP contribution >= 0.6 is 11.6 Å². The molecular formula is C12H14ClN3. The molecule has 0 spiro atoms. The number of nitrogens with two attached hydrogens (primary N) is 1. The van der Waals surface area contributed by atoms with Gasteiger partial charge in [-0.15, -0.1) is 0 Å². The highest BCUT2D eigenvalue weighted by atomic mass is 35.5. The molecule has 0 saturated heterocycles. The zero-order valence-corrected chi connectivity index (χ0v) is 9.74. The first-order valence-electron chi connectivity index (χ1n) is 5.57. The number of imidazole rings is 1. The topological polar surface area (TPSA) is 43.3 Å². The van der Waals surface area contributed by atoms with E-state index in [1.54, 1.807) is 6.20 Å². The molecule has 0 bridgehead atoms. The molecule has 0 atom stereocenters. The SMILES string of the molecule is NC1(CCc2ccc3ncc(Cl)n3c2)CC1. The van der Waals surface area contributed by atoms with Gasteiger partial charge < -0.3 is 5.73 Å². The molecule has 1 aliphatic carbocycles. The number of pyridine rings is 1. The molecule has 4 heteroatoms. The Morgan fingerprint density at radius 3 is 3.00 bits per heavy atom. The van der Waals surface area contributed by atoms with E-state index < -0.39 is 0 Å². The number of halogens is 1. The number of aromatic nitrogens is 2. The molecule has 2 N–H and O–H groups in total. The summed E-state index contributed by atoms with van der Waals surface area (Å²) in [5.74, 6) is 0. The summed E-state index contributed by atoms with van der Waals surface area (Å²) in [7, 11) is 0. The molecule has 0 aliphatic heterocycles. The van der Waals surface area contributed by atoms with Crippen molar-refractivity contribution in [2.45, 2.75) is 31.2 Å². The summed E-state index contributed by atoms with van der Waals surface area (Å²) in [5, 5.41) is 0.658. The van der Waals surface area contributed by atoms with Crippen molar-refractivity contribution in [1.82, 2.24) is 9.38 Å². The van der Waals surface area contributed by atoms with Crippen LogP contribution in [-0.4, -0.2) is 14.9 Å². The normalized spacial score (nSPS) is 17.9. The summed E-state index contributed by atoms with van der Waals surface area (Å²) < 4.78 is 1.91. The summed E-state index contributed by atoms with van der Waals surface area (Å²) in [6.45, 7) is 0. The minimum absolute atomic E-state index is 0.119. The van der Waals surface area contributed by atoms with E-state index in [0.29, 0.717) is 5.15 Å². The monoisotopic (exact) mass is 235 g/mol. The highest BCUT2D eigenvalue weighted by Gasteiger charge is 2.37. The highest BCUT2D eigenvalue weighted by molar-refractivity contribution is 6.29. The second-order valence-corrected chi connectivity index (χ2v) is 5.10. The minimum Gasteiger partial charge on any atom is -0.325 e. The number of fused-ring (bicyclic) bond motifs is 1. The molecular weight excluding hydrogens is 222 g/mol. The van der Waals surface area contributed by atoms with Gasteiger partial charge in [-0.25, -0.2) is 4.98 Å². The van der Waals surface area contributed by atoms with Crippen molar-refractivity contribution in [3.8, 4) is 0 Å². The molecule has 0 aromatic carbocycles. The molecule has 1 aliphatic rings. The van der Waals surface area contributed by atoms with Crippen LogP contribution < -0.4 is 5.73 Å². The number of nitrogens with zero attached hydrogens (tertiary/aromatic N) is 2. The summed E-state index contributed by atoms with van der Waals surface area (Å²) in [6.07, 6.45) is 8.14. The number of hydrogen-bond donors (Lipinski definition) is 1. The van der Waals surface area contributed by atoms with E-state index in [2.05, 4.69) is 17.2 Å². The van der Waals surface area contributed by atoms with E-state index in [9.17, 15) is 0 Å². The van der Waals surface area contributed by atoms with Crippen molar-refractivity contribution in [3.63, 3.8) is 0 Å². The minimum atomic E-state index is 0.119. The molecule has 2 aromatic rings. The fourth-order valence-electron chi connectivity index (χ4n) is 1.95. The van der Waals surface area contributed by atoms with Gasteiger partial charge in [0.05, 0.1) is 6.20 Å². The van der Waals surface area contributed by atoms with Crippen LogP contribution in [0, 0.1) is 0 Å². The first kappa shape index (κ1) is 10.1. The van der Waals surface area contributed by atoms with E-state index in [1.165, 1.54) is 18.4 Å². The molecule has 1 saturated carbocycles. The van der Waals surface area contributed by atoms with Gasteiger partial charge in [-0.2, -0.15) is 0 Å². The Bertz CT molecular complexity index is 528. The fraction of sp³-hybridized carbons (Fsp3) is 0.417. The van der Waals surface area contributed by atoms with Gasteiger partial charge in [0.2, 0.25) is 0 Å². The standard InChI is InChI=1S/C12H14ClN3/c13-10-7-15-11-2-1-9(8-16(10)11)3-4-12(14)5-6-12/h1-2,7-8H,3-6,14H2. The van der Waals surface area contributed by atoms with Gasteiger partial charge in [-0.1, -0.05) is 17.7 Å². The van der Waals surface area contributed by atoms with Crippen LogP contribution in [0.15, 0.2) is 24.5 Å². The molecule has 84 valence electrons. The lowest BCUT2D eigenvalue weighted by Crippen LogP contribution is -2.22. The van der Waals surface area contributed by atoms with Gasteiger partial charge in [0.1, 0.15) is 10.8 Å². The smallest absolute Gasteiger partial charge is 0.137 e. The Balaban J connectivity index is 1.83. The maximum absolute atomic E-state index is 6.07. The van der Waals surface area contributed by atoms with Gasteiger partial charge in [0.25, 0.3) is 0 Å². The molecule has 2 heterocycles. The average Bonchev–Trinajstić information content (AvgIpc) is 2.92. The van der Waals surface area contributed by atoms with Gasteiger partial charge in [0.15, 0.2) is 0 Å². The molecule has 3 rings (SSSR count). The first-order chi connectivity index (χ1) is 7.66. The third-order valence-corrected chi connectivity index (χ3v) is 3.61. The van der Waals surface area contributed by atoms with Crippen molar-refractivity contribution in [3.05, 3.63) is 35.2 Å². The van der Waals surface area contributed by atoms with Crippen LogP contribution in [-0.2, 0) is 6.42 Å². The summed E-state index contributed by atoms with van der Waals surface area (Å²) >= 11 is 6.02. The maximum atomic E-state index is 6.07. The zero-order chi connectivity index (χ0) is 11.2. The third kappa shape index (κ3) is 1.81. The van der Waals surface area contributed by atoms with E-state index in [1.807, 2.05) is 10.5 Å². The van der Waals surface area contributed by atoms with E-state index in [4.69, 9.17) is 17.3 Å². The lowest BCUT2D eigenvalue weighted by molar-refractivity contribution is 0.608.